The maximum atomic E-state index is 13.3. The van der Waals surface area contributed by atoms with Crippen molar-refractivity contribution < 1.29 is 19.0 Å². The lowest BCUT2D eigenvalue weighted by Crippen LogP contribution is -2.53. The van der Waals surface area contributed by atoms with Crippen LogP contribution in [0.1, 0.15) is 18.9 Å². The van der Waals surface area contributed by atoms with Crippen LogP contribution in [0.5, 0.6) is 0 Å². The second-order valence-corrected chi connectivity index (χ2v) is 6.55. The van der Waals surface area contributed by atoms with Gasteiger partial charge in [0.1, 0.15) is 12.0 Å². The Morgan fingerprint density at radius 1 is 1.52 bits per heavy atom. The Balaban J connectivity index is 1.62. The Hall–Kier alpha value is -1.50. The topological polar surface area (TPSA) is 53.0 Å². The highest BCUT2D eigenvalue weighted by atomic mass is 19.1. The quantitative estimate of drug-likeness (QED) is 0.826. The van der Waals surface area contributed by atoms with Gasteiger partial charge in [0, 0.05) is 25.7 Å². The Bertz CT molecular complexity index is 581. The monoisotopic (exact) mass is 322 g/mol. The predicted molar refractivity (Wildman–Crippen MR) is 82.9 cm³/mol. The molecule has 126 valence electrons. The minimum atomic E-state index is -0.582. The molecule has 0 spiro atoms. The van der Waals surface area contributed by atoms with Gasteiger partial charge in [-0.3, -0.25) is 14.6 Å². The van der Waals surface area contributed by atoms with Gasteiger partial charge < -0.3 is 9.84 Å². The molecule has 5 nitrogen and oxygen atoms in total. The van der Waals surface area contributed by atoms with E-state index < -0.39 is 6.23 Å². The summed E-state index contributed by atoms with van der Waals surface area (Å²) in [6.07, 6.45) is 0.298. The third-order valence-corrected chi connectivity index (χ3v) is 4.95. The maximum Gasteiger partial charge on any atom is 0.309 e. The summed E-state index contributed by atoms with van der Waals surface area (Å²) in [4.78, 5) is 15.8. The van der Waals surface area contributed by atoms with E-state index in [-0.39, 0.29) is 29.8 Å². The number of methoxy groups -OCH3 is 1. The van der Waals surface area contributed by atoms with Crippen LogP contribution in [-0.4, -0.2) is 59.4 Å². The fourth-order valence-corrected chi connectivity index (χ4v) is 3.80. The fraction of sp³-hybridized carbons (Fsp3) is 0.588. The first-order chi connectivity index (χ1) is 11.0. The number of halogens is 1. The Labute approximate surface area is 135 Å². The van der Waals surface area contributed by atoms with Crippen molar-refractivity contribution >= 4 is 5.97 Å². The number of carbonyl (C=O) groups excluding carboxylic acids is 1. The summed E-state index contributed by atoms with van der Waals surface area (Å²) in [5.74, 6) is -0.683. The van der Waals surface area contributed by atoms with Crippen LogP contribution in [0.15, 0.2) is 24.3 Å². The number of ether oxygens (including phenoxy) is 1. The molecule has 2 bridgehead atoms. The lowest BCUT2D eigenvalue weighted by molar-refractivity contribution is -0.146. The number of hydrogen-bond acceptors (Lipinski definition) is 5. The molecule has 2 aliphatic heterocycles. The Morgan fingerprint density at radius 2 is 2.30 bits per heavy atom. The molecule has 1 aromatic rings. The lowest BCUT2D eigenvalue weighted by atomic mass is 10.1. The van der Waals surface area contributed by atoms with Crippen molar-refractivity contribution in [3.63, 3.8) is 0 Å². The molecule has 23 heavy (non-hydrogen) atoms. The number of likely N-dealkylation sites (tertiary alicyclic amines) is 2. The van der Waals surface area contributed by atoms with Crippen LogP contribution >= 0.6 is 0 Å². The molecule has 2 aliphatic rings. The van der Waals surface area contributed by atoms with E-state index in [0.29, 0.717) is 13.1 Å². The summed E-state index contributed by atoms with van der Waals surface area (Å²) in [7, 11) is 1.39. The third kappa shape index (κ3) is 3.24. The van der Waals surface area contributed by atoms with Gasteiger partial charge in [-0.05, 0) is 24.1 Å². The first kappa shape index (κ1) is 16.4. The Kier molecular flexibility index (Phi) is 4.66. The first-order valence-electron chi connectivity index (χ1n) is 7.99. The molecule has 2 saturated heterocycles. The first-order valence-corrected chi connectivity index (χ1v) is 7.99. The number of aliphatic hydroxyl groups is 1. The van der Waals surface area contributed by atoms with Crippen molar-refractivity contribution in [2.24, 2.45) is 5.92 Å². The average Bonchev–Trinajstić information content (AvgIpc) is 3.06. The van der Waals surface area contributed by atoms with Crippen LogP contribution in [0, 0.1) is 11.7 Å². The number of rotatable bonds is 5. The van der Waals surface area contributed by atoms with Crippen LogP contribution in [0.3, 0.4) is 0 Å². The molecule has 0 saturated carbocycles. The van der Waals surface area contributed by atoms with E-state index >= 15 is 0 Å². The molecular formula is C17H23FN2O3. The van der Waals surface area contributed by atoms with E-state index in [1.165, 1.54) is 19.2 Å². The minimum absolute atomic E-state index is 0.0284. The zero-order chi connectivity index (χ0) is 16.6. The Morgan fingerprint density at radius 3 is 2.96 bits per heavy atom. The lowest BCUT2D eigenvalue weighted by Gasteiger charge is -2.39. The fourth-order valence-electron chi connectivity index (χ4n) is 3.80. The van der Waals surface area contributed by atoms with Crippen LogP contribution in [0.2, 0.25) is 0 Å². The van der Waals surface area contributed by atoms with E-state index in [1.807, 2.05) is 17.9 Å². The van der Waals surface area contributed by atoms with Crippen LogP contribution in [-0.2, 0) is 16.1 Å². The summed E-state index contributed by atoms with van der Waals surface area (Å²) in [6, 6.07) is 6.76. The smallest absolute Gasteiger partial charge is 0.309 e. The molecular weight excluding hydrogens is 299 g/mol. The molecule has 0 amide bonds. The molecule has 0 aromatic heterocycles. The van der Waals surface area contributed by atoms with Gasteiger partial charge in [0.2, 0.25) is 0 Å². The highest BCUT2D eigenvalue weighted by Gasteiger charge is 2.49. The van der Waals surface area contributed by atoms with Crippen molar-refractivity contribution in [3.05, 3.63) is 35.6 Å². The van der Waals surface area contributed by atoms with Gasteiger partial charge in [-0.25, -0.2) is 4.39 Å². The third-order valence-electron chi connectivity index (χ3n) is 4.95. The van der Waals surface area contributed by atoms with Gasteiger partial charge in [0.05, 0.1) is 19.1 Å². The number of fused-ring (bicyclic) bond motifs is 2. The van der Waals surface area contributed by atoms with Crippen molar-refractivity contribution in [3.8, 4) is 0 Å². The molecule has 1 unspecified atom stereocenters. The summed E-state index contributed by atoms with van der Waals surface area (Å²) in [6.45, 7) is 3.80. The summed E-state index contributed by atoms with van der Waals surface area (Å²) in [5, 5.41) is 10.6. The molecule has 0 aliphatic carbocycles. The summed E-state index contributed by atoms with van der Waals surface area (Å²) in [5.41, 5.74) is 0.867. The molecule has 4 atom stereocenters. The predicted octanol–water partition coefficient (Wildman–Crippen LogP) is 1.21. The molecule has 1 N–H and O–H groups in total. The van der Waals surface area contributed by atoms with Gasteiger partial charge in [-0.2, -0.15) is 0 Å². The van der Waals surface area contributed by atoms with Crippen molar-refractivity contribution in [1.82, 2.24) is 9.80 Å². The van der Waals surface area contributed by atoms with Gasteiger partial charge >= 0.3 is 5.97 Å². The number of benzene rings is 1. The van der Waals surface area contributed by atoms with Gasteiger partial charge in [-0.15, -0.1) is 0 Å². The van der Waals surface area contributed by atoms with Crippen LogP contribution in [0.25, 0.3) is 0 Å². The summed E-state index contributed by atoms with van der Waals surface area (Å²) >= 11 is 0. The maximum absolute atomic E-state index is 13.3. The number of hydrogen-bond donors (Lipinski definition) is 1. The number of carbonyl (C=O) groups is 1. The molecule has 2 fully saturated rings. The molecule has 2 heterocycles. The molecule has 6 heteroatoms. The van der Waals surface area contributed by atoms with Crippen molar-refractivity contribution in [2.45, 2.75) is 38.2 Å². The highest BCUT2D eigenvalue weighted by molar-refractivity contribution is 5.72. The zero-order valence-corrected chi connectivity index (χ0v) is 13.5. The molecule has 3 rings (SSSR count). The normalized spacial score (nSPS) is 29.0. The van der Waals surface area contributed by atoms with Crippen LogP contribution < -0.4 is 0 Å². The van der Waals surface area contributed by atoms with E-state index in [9.17, 15) is 14.3 Å². The van der Waals surface area contributed by atoms with Gasteiger partial charge in [0.25, 0.3) is 0 Å². The highest BCUT2D eigenvalue weighted by Crippen LogP contribution is 2.36. The van der Waals surface area contributed by atoms with E-state index in [0.717, 1.165) is 18.5 Å². The SMILES string of the molecule is COC(=O)[C@@H](C)CN1C[C@@H]2C[C@H]1C(O)N2Cc1cccc(F)c1. The second kappa shape index (κ2) is 6.55. The summed E-state index contributed by atoms with van der Waals surface area (Å²) < 4.78 is 18.1. The van der Waals surface area contributed by atoms with E-state index in [4.69, 9.17) is 4.74 Å². The van der Waals surface area contributed by atoms with Gasteiger partial charge in [-0.1, -0.05) is 19.1 Å². The molecule has 1 aromatic carbocycles. The standard InChI is InChI=1S/C17H23FN2O3/c1-11(17(22)23-2)8-19-10-14-7-15(19)16(21)20(14)9-12-4-3-5-13(18)6-12/h3-6,11,14-16,21H,7-10H2,1-2H3/t11-,14-,15-,16?/m0/s1. The van der Waals surface area contributed by atoms with Crippen molar-refractivity contribution in [1.29, 1.82) is 0 Å². The molecule has 0 radical (unpaired) electrons. The van der Waals surface area contributed by atoms with Gasteiger partial charge in [0.15, 0.2) is 0 Å². The minimum Gasteiger partial charge on any atom is -0.469 e. The zero-order valence-electron chi connectivity index (χ0n) is 13.5. The second-order valence-electron chi connectivity index (χ2n) is 6.55. The largest absolute Gasteiger partial charge is 0.469 e. The van der Waals surface area contributed by atoms with E-state index in [1.54, 1.807) is 6.07 Å². The number of piperazine rings is 1. The number of aliphatic hydroxyl groups excluding tert-OH is 1. The number of nitrogens with zero attached hydrogens (tertiary/aromatic N) is 2. The van der Waals surface area contributed by atoms with Crippen LogP contribution in [0.4, 0.5) is 4.39 Å². The van der Waals surface area contributed by atoms with E-state index in [2.05, 4.69) is 4.90 Å². The average molecular weight is 322 g/mol. The van der Waals surface area contributed by atoms with Crippen molar-refractivity contribution in [2.75, 3.05) is 20.2 Å². The number of esters is 1.